The van der Waals surface area contributed by atoms with Crippen LogP contribution in [0.25, 0.3) is 11.3 Å². The SMILES string of the molecule is CCN1CCN(C(=O)c2cc(-c3ccc(C)cc3)n[nH]2)CC1. The van der Waals surface area contributed by atoms with E-state index in [2.05, 4.69) is 41.1 Å². The number of likely N-dealkylation sites (N-methyl/N-ethyl adjacent to an activating group) is 1. The van der Waals surface area contributed by atoms with Gasteiger partial charge in [-0.3, -0.25) is 9.89 Å². The van der Waals surface area contributed by atoms with E-state index in [0.29, 0.717) is 5.69 Å². The number of aryl methyl sites for hydroxylation is 1. The average molecular weight is 298 g/mol. The van der Waals surface area contributed by atoms with Crippen molar-refractivity contribution in [2.75, 3.05) is 32.7 Å². The van der Waals surface area contributed by atoms with Crippen molar-refractivity contribution in [1.82, 2.24) is 20.0 Å². The van der Waals surface area contributed by atoms with Crippen LogP contribution in [-0.2, 0) is 0 Å². The lowest BCUT2D eigenvalue weighted by molar-refractivity contribution is 0.0637. The Kier molecular flexibility index (Phi) is 4.24. The van der Waals surface area contributed by atoms with Gasteiger partial charge in [0, 0.05) is 31.7 Å². The Morgan fingerprint density at radius 1 is 1.18 bits per heavy atom. The summed E-state index contributed by atoms with van der Waals surface area (Å²) in [6.45, 7) is 8.71. The van der Waals surface area contributed by atoms with Gasteiger partial charge in [0.1, 0.15) is 5.69 Å². The molecule has 3 rings (SSSR count). The van der Waals surface area contributed by atoms with Crippen molar-refractivity contribution in [3.05, 3.63) is 41.6 Å². The van der Waals surface area contributed by atoms with Crippen LogP contribution in [0, 0.1) is 6.92 Å². The van der Waals surface area contributed by atoms with Crippen LogP contribution in [0.3, 0.4) is 0 Å². The molecule has 0 atom stereocenters. The molecule has 1 N–H and O–H groups in total. The fourth-order valence-electron chi connectivity index (χ4n) is 2.74. The molecule has 0 saturated carbocycles. The molecule has 0 aliphatic carbocycles. The number of nitrogens with one attached hydrogen (secondary N) is 1. The highest BCUT2D eigenvalue weighted by Gasteiger charge is 2.22. The molecule has 1 amide bonds. The van der Waals surface area contributed by atoms with Gasteiger partial charge in [-0.05, 0) is 19.5 Å². The molecule has 2 aromatic rings. The summed E-state index contributed by atoms with van der Waals surface area (Å²) in [5.41, 5.74) is 3.62. The van der Waals surface area contributed by atoms with E-state index >= 15 is 0 Å². The summed E-state index contributed by atoms with van der Waals surface area (Å²) in [5, 5.41) is 7.17. The van der Waals surface area contributed by atoms with Crippen molar-refractivity contribution >= 4 is 5.91 Å². The van der Waals surface area contributed by atoms with Gasteiger partial charge in [0.15, 0.2) is 0 Å². The first-order valence-corrected chi connectivity index (χ1v) is 7.81. The number of benzene rings is 1. The first-order chi connectivity index (χ1) is 10.7. The van der Waals surface area contributed by atoms with Crippen LogP contribution >= 0.6 is 0 Å². The van der Waals surface area contributed by atoms with E-state index in [0.717, 1.165) is 44.0 Å². The third-order valence-corrected chi connectivity index (χ3v) is 4.26. The van der Waals surface area contributed by atoms with Crippen molar-refractivity contribution in [3.63, 3.8) is 0 Å². The van der Waals surface area contributed by atoms with Crippen molar-refractivity contribution in [2.45, 2.75) is 13.8 Å². The second-order valence-corrected chi connectivity index (χ2v) is 5.76. The Hall–Kier alpha value is -2.14. The minimum Gasteiger partial charge on any atom is -0.335 e. The Balaban J connectivity index is 1.71. The Bertz CT molecular complexity index is 639. The van der Waals surface area contributed by atoms with E-state index in [4.69, 9.17) is 0 Å². The van der Waals surface area contributed by atoms with Crippen LogP contribution in [-0.4, -0.2) is 58.6 Å². The molecule has 1 aliphatic rings. The summed E-state index contributed by atoms with van der Waals surface area (Å²) in [6.07, 6.45) is 0. The third-order valence-electron chi connectivity index (χ3n) is 4.26. The molecular formula is C17H22N4O. The number of hydrogen-bond acceptors (Lipinski definition) is 3. The van der Waals surface area contributed by atoms with E-state index in [1.54, 1.807) is 0 Å². The number of hydrogen-bond donors (Lipinski definition) is 1. The monoisotopic (exact) mass is 298 g/mol. The molecule has 22 heavy (non-hydrogen) atoms. The fourth-order valence-corrected chi connectivity index (χ4v) is 2.74. The van der Waals surface area contributed by atoms with Crippen LogP contribution in [0.4, 0.5) is 0 Å². The molecule has 0 bridgehead atoms. The summed E-state index contributed by atoms with van der Waals surface area (Å²) < 4.78 is 0. The van der Waals surface area contributed by atoms with Gasteiger partial charge in [-0.2, -0.15) is 5.10 Å². The number of carbonyl (C=O) groups excluding carboxylic acids is 1. The third kappa shape index (κ3) is 3.04. The second-order valence-electron chi connectivity index (χ2n) is 5.76. The number of rotatable bonds is 3. The lowest BCUT2D eigenvalue weighted by Crippen LogP contribution is -2.48. The molecule has 2 heterocycles. The Morgan fingerprint density at radius 2 is 1.86 bits per heavy atom. The van der Waals surface area contributed by atoms with Crippen molar-refractivity contribution in [1.29, 1.82) is 0 Å². The van der Waals surface area contributed by atoms with Crippen molar-refractivity contribution < 1.29 is 4.79 Å². The quantitative estimate of drug-likeness (QED) is 0.945. The number of nitrogens with zero attached hydrogens (tertiary/aromatic N) is 3. The maximum atomic E-state index is 12.5. The normalized spacial score (nSPS) is 16.0. The van der Waals surface area contributed by atoms with Gasteiger partial charge < -0.3 is 9.80 Å². The number of aromatic nitrogens is 2. The van der Waals surface area contributed by atoms with E-state index in [1.165, 1.54) is 5.56 Å². The average Bonchev–Trinajstić information content (AvgIpc) is 3.05. The van der Waals surface area contributed by atoms with Gasteiger partial charge in [-0.25, -0.2) is 0 Å². The van der Waals surface area contributed by atoms with Gasteiger partial charge in [0.2, 0.25) is 0 Å². The van der Waals surface area contributed by atoms with Crippen LogP contribution < -0.4 is 0 Å². The first-order valence-electron chi connectivity index (χ1n) is 7.81. The largest absolute Gasteiger partial charge is 0.335 e. The highest BCUT2D eigenvalue weighted by atomic mass is 16.2. The summed E-state index contributed by atoms with van der Waals surface area (Å²) >= 11 is 0. The number of amides is 1. The molecule has 1 aromatic heterocycles. The highest BCUT2D eigenvalue weighted by Crippen LogP contribution is 2.19. The molecule has 1 fully saturated rings. The molecule has 0 spiro atoms. The smallest absolute Gasteiger partial charge is 0.271 e. The zero-order chi connectivity index (χ0) is 15.5. The molecule has 5 nitrogen and oxygen atoms in total. The summed E-state index contributed by atoms with van der Waals surface area (Å²) in [7, 11) is 0. The van der Waals surface area contributed by atoms with Crippen LogP contribution in [0.2, 0.25) is 0 Å². The number of H-pyrrole nitrogens is 1. The van der Waals surface area contributed by atoms with E-state index in [1.807, 2.05) is 23.1 Å². The Morgan fingerprint density at radius 3 is 2.50 bits per heavy atom. The first kappa shape index (κ1) is 14.8. The summed E-state index contributed by atoms with van der Waals surface area (Å²) in [4.78, 5) is 16.8. The second kappa shape index (κ2) is 6.32. The molecular weight excluding hydrogens is 276 g/mol. The zero-order valence-electron chi connectivity index (χ0n) is 13.2. The zero-order valence-corrected chi connectivity index (χ0v) is 13.2. The number of carbonyl (C=O) groups is 1. The topological polar surface area (TPSA) is 52.2 Å². The van der Waals surface area contributed by atoms with Gasteiger partial charge in [-0.1, -0.05) is 36.8 Å². The Labute approximate surface area is 130 Å². The van der Waals surface area contributed by atoms with Gasteiger partial charge in [-0.15, -0.1) is 0 Å². The maximum Gasteiger partial charge on any atom is 0.271 e. The van der Waals surface area contributed by atoms with E-state index in [9.17, 15) is 4.79 Å². The van der Waals surface area contributed by atoms with Crippen LogP contribution in [0.15, 0.2) is 30.3 Å². The molecule has 1 aromatic carbocycles. The van der Waals surface area contributed by atoms with Gasteiger partial charge in [0.25, 0.3) is 5.91 Å². The van der Waals surface area contributed by atoms with Crippen LogP contribution in [0.5, 0.6) is 0 Å². The van der Waals surface area contributed by atoms with Crippen molar-refractivity contribution in [2.24, 2.45) is 0 Å². The highest BCUT2D eigenvalue weighted by molar-refractivity contribution is 5.93. The number of piperazine rings is 1. The van der Waals surface area contributed by atoms with E-state index < -0.39 is 0 Å². The lowest BCUT2D eigenvalue weighted by atomic mass is 10.1. The molecule has 1 saturated heterocycles. The van der Waals surface area contributed by atoms with Gasteiger partial charge >= 0.3 is 0 Å². The van der Waals surface area contributed by atoms with E-state index in [-0.39, 0.29) is 5.91 Å². The standard InChI is InChI=1S/C17H22N4O/c1-3-20-8-10-21(11-9-20)17(22)16-12-15(18-19-16)14-6-4-13(2)5-7-14/h4-7,12H,3,8-11H2,1-2H3,(H,18,19). The maximum absolute atomic E-state index is 12.5. The fraction of sp³-hybridized carbons (Fsp3) is 0.412. The van der Waals surface area contributed by atoms with Gasteiger partial charge in [0.05, 0.1) is 5.69 Å². The summed E-state index contributed by atoms with van der Waals surface area (Å²) in [5.74, 6) is 0.0432. The molecule has 116 valence electrons. The molecule has 1 aliphatic heterocycles. The van der Waals surface area contributed by atoms with Crippen LogP contribution in [0.1, 0.15) is 23.0 Å². The summed E-state index contributed by atoms with van der Waals surface area (Å²) in [6, 6.07) is 10.0. The predicted octanol–water partition coefficient (Wildman–Crippen LogP) is 2.16. The minimum atomic E-state index is 0.0432. The molecule has 0 radical (unpaired) electrons. The molecule has 5 heteroatoms. The lowest BCUT2D eigenvalue weighted by Gasteiger charge is -2.33. The molecule has 0 unspecified atom stereocenters. The predicted molar refractivity (Wildman–Crippen MR) is 86.8 cm³/mol. The number of aromatic amines is 1. The van der Waals surface area contributed by atoms with Crippen molar-refractivity contribution in [3.8, 4) is 11.3 Å². The minimum absolute atomic E-state index is 0.0432.